The van der Waals surface area contributed by atoms with Gasteiger partial charge in [-0.25, -0.2) is 0 Å². The monoisotopic (exact) mass is 344 g/mol. The molecule has 3 nitrogen and oxygen atoms in total. The van der Waals surface area contributed by atoms with Gasteiger partial charge < -0.3 is 11.1 Å². The quantitative estimate of drug-likeness (QED) is 0.807. The van der Waals surface area contributed by atoms with Crippen LogP contribution in [0.4, 0.5) is 0 Å². The van der Waals surface area contributed by atoms with Crippen molar-refractivity contribution in [3.05, 3.63) is 71.8 Å². The number of amides is 1. The van der Waals surface area contributed by atoms with Crippen molar-refractivity contribution in [1.82, 2.24) is 5.32 Å². The summed E-state index contributed by atoms with van der Waals surface area (Å²) in [6.07, 6.45) is 2.82. The Kier molecular flexibility index (Phi) is 6.83. The molecule has 128 valence electrons. The van der Waals surface area contributed by atoms with Crippen LogP contribution in [0.25, 0.3) is 0 Å². The lowest BCUT2D eigenvalue weighted by molar-refractivity contribution is -0.122. The van der Waals surface area contributed by atoms with E-state index in [1.54, 1.807) is 0 Å². The van der Waals surface area contributed by atoms with E-state index >= 15 is 0 Å². The summed E-state index contributed by atoms with van der Waals surface area (Å²) >= 11 is 0. The Labute approximate surface area is 150 Å². The van der Waals surface area contributed by atoms with Crippen LogP contribution in [0.1, 0.15) is 36.3 Å². The molecule has 1 amide bonds. The first kappa shape index (κ1) is 18.5. The van der Waals surface area contributed by atoms with Gasteiger partial charge in [-0.15, -0.1) is 12.4 Å². The maximum Gasteiger partial charge on any atom is 0.221 e. The van der Waals surface area contributed by atoms with Crippen molar-refractivity contribution in [3.63, 3.8) is 0 Å². The Morgan fingerprint density at radius 2 is 1.50 bits per heavy atom. The van der Waals surface area contributed by atoms with Crippen LogP contribution in [-0.2, 0) is 4.79 Å². The molecule has 0 heterocycles. The minimum absolute atomic E-state index is 0. The molecule has 2 aromatic rings. The van der Waals surface area contributed by atoms with Crippen molar-refractivity contribution in [2.24, 2.45) is 11.7 Å². The van der Waals surface area contributed by atoms with Gasteiger partial charge in [0.1, 0.15) is 0 Å². The van der Waals surface area contributed by atoms with Gasteiger partial charge in [0.15, 0.2) is 0 Å². The molecule has 0 bridgehead atoms. The highest BCUT2D eigenvalue weighted by Crippen LogP contribution is 2.33. The molecule has 1 aliphatic carbocycles. The standard InChI is InChI=1S/C20H24N2O.ClH/c21-14-19(17-11-12-17)22-20(23)13-18(15-7-3-1-4-8-15)16-9-5-2-6-10-16;/h1-10,17-19H,11-14,21H2,(H,22,23);1H. The van der Waals surface area contributed by atoms with Crippen LogP contribution < -0.4 is 11.1 Å². The molecule has 1 aliphatic rings. The maximum absolute atomic E-state index is 12.5. The Balaban J connectivity index is 0.00000208. The van der Waals surface area contributed by atoms with E-state index in [0.29, 0.717) is 18.9 Å². The number of nitrogens with one attached hydrogen (secondary N) is 1. The normalized spacial score (nSPS) is 14.8. The third-order valence-corrected chi connectivity index (χ3v) is 4.58. The molecule has 4 heteroatoms. The average Bonchev–Trinajstić information content (AvgIpc) is 3.44. The zero-order valence-corrected chi connectivity index (χ0v) is 14.5. The van der Waals surface area contributed by atoms with Crippen LogP contribution >= 0.6 is 12.4 Å². The van der Waals surface area contributed by atoms with E-state index in [0.717, 1.165) is 0 Å². The van der Waals surface area contributed by atoms with Crippen LogP contribution in [0.15, 0.2) is 60.7 Å². The summed E-state index contributed by atoms with van der Waals surface area (Å²) < 4.78 is 0. The van der Waals surface area contributed by atoms with E-state index in [1.807, 2.05) is 36.4 Å². The molecule has 0 saturated heterocycles. The second-order valence-corrected chi connectivity index (χ2v) is 6.33. The summed E-state index contributed by atoms with van der Waals surface area (Å²) in [7, 11) is 0. The van der Waals surface area contributed by atoms with Crippen molar-refractivity contribution >= 4 is 18.3 Å². The summed E-state index contributed by atoms with van der Waals surface area (Å²) in [4.78, 5) is 12.5. The van der Waals surface area contributed by atoms with E-state index in [2.05, 4.69) is 29.6 Å². The first-order valence-corrected chi connectivity index (χ1v) is 8.37. The second-order valence-electron chi connectivity index (χ2n) is 6.33. The Morgan fingerprint density at radius 1 is 1.00 bits per heavy atom. The molecule has 3 N–H and O–H groups in total. The van der Waals surface area contributed by atoms with Gasteiger partial charge in [-0.2, -0.15) is 0 Å². The first-order chi connectivity index (χ1) is 11.3. The van der Waals surface area contributed by atoms with Crippen LogP contribution in [-0.4, -0.2) is 18.5 Å². The molecule has 0 aromatic heterocycles. The molecular weight excluding hydrogens is 320 g/mol. The predicted octanol–water partition coefficient (Wildman–Crippen LogP) is 3.48. The lowest BCUT2D eigenvalue weighted by atomic mass is 9.88. The number of hydrogen-bond acceptors (Lipinski definition) is 2. The number of nitrogens with two attached hydrogens (primary N) is 1. The van der Waals surface area contributed by atoms with Crippen LogP contribution in [0.5, 0.6) is 0 Å². The van der Waals surface area contributed by atoms with E-state index in [-0.39, 0.29) is 30.3 Å². The predicted molar refractivity (Wildman–Crippen MR) is 100 cm³/mol. The van der Waals surface area contributed by atoms with Gasteiger partial charge in [-0.05, 0) is 29.9 Å². The number of benzene rings is 2. The molecule has 1 unspecified atom stereocenters. The molecule has 1 saturated carbocycles. The largest absolute Gasteiger partial charge is 0.352 e. The fourth-order valence-corrected chi connectivity index (χ4v) is 3.12. The minimum atomic E-state index is 0. The summed E-state index contributed by atoms with van der Waals surface area (Å²) in [5, 5.41) is 3.13. The summed E-state index contributed by atoms with van der Waals surface area (Å²) in [5.41, 5.74) is 8.14. The highest BCUT2D eigenvalue weighted by atomic mass is 35.5. The number of rotatable bonds is 7. The molecule has 2 aromatic carbocycles. The summed E-state index contributed by atoms with van der Waals surface area (Å²) in [6, 6.07) is 20.6. The molecule has 0 spiro atoms. The van der Waals surface area contributed by atoms with E-state index in [9.17, 15) is 4.79 Å². The van der Waals surface area contributed by atoms with Crippen LogP contribution in [0.2, 0.25) is 0 Å². The Morgan fingerprint density at radius 3 is 1.92 bits per heavy atom. The van der Waals surface area contributed by atoms with Gasteiger partial charge in [0.2, 0.25) is 5.91 Å². The molecule has 0 aliphatic heterocycles. The zero-order chi connectivity index (χ0) is 16.1. The van der Waals surface area contributed by atoms with E-state index in [1.165, 1.54) is 24.0 Å². The van der Waals surface area contributed by atoms with Gasteiger partial charge >= 0.3 is 0 Å². The molecule has 1 fully saturated rings. The Hall–Kier alpha value is -1.84. The van der Waals surface area contributed by atoms with Gasteiger partial charge in [-0.3, -0.25) is 4.79 Å². The Bertz CT molecular complexity index is 589. The van der Waals surface area contributed by atoms with E-state index in [4.69, 9.17) is 5.73 Å². The molecular formula is C20H25ClN2O. The molecule has 3 rings (SSSR count). The van der Waals surface area contributed by atoms with E-state index < -0.39 is 0 Å². The number of halogens is 1. The molecule has 0 radical (unpaired) electrons. The number of carbonyl (C=O) groups is 1. The molecule has 24 heavy (non-hydrogen) atoms. The third kappa shape index (κ3) is 4.83. The fourth-order valence-electron chi connectivity index (χ4n) is 3.12. The number of hydrogen-bond donors (Lipinski definition) is 2. The van der Waals surface area contributed by atoms with Crippen molar-refractivity contribution in [1.29, 1.82) is 0 Å². The summed E-state index contributed by atoms with van der Waals surface area (Å²) in [5.74, 6) is 0.746. The zero-order valence-electron chi connectivity index (χ0n) is 13.7. The number of carbonyl (C=O) groups excluding carboxylic acids is 1. The van der Waals surface area contributed by atoms with Crippen molar-refractivity contribution in [3.8, 4) is 0 Å². The minimum Gasteiger partial charge on any atom is -0.352 e. The highest BCUT2D eigenvalue weighted by molar-refractivity contribution is 5.85. The van der Waals surface area contributed by atoms with Crippen LogP contribution in [0, 0.1) is 5.92 Å². The van der Waals surface area contributed by atoms with Crippen molar-refractivity contribution in [2.75, 3.05) is 6.54 Å². The van der Waals surface area contributed by atoms with Crippen molar-refractivity contribution in [2.45, 2.75) is 31.2 Å². The maximum atomic E-state index is 12.5. The lowest BCUT2D eigenvalue weighted by Crippen LogP contribution is -2.42. The van der Waals surface area contributed by atoms with Gasteiger partial charge in [0.05, 0.1) is 0 Å². The lowest BCUT2D eigenvalue weighted by Gasteiger charge is -2.21. The topological polar surface area (TPSA) is 55.1 Å². The average molecular weight is 345 g/mol. The highest BCUT2D eigenvalue weighted by Gasteiger charge is 2.31. The SMILES string of the molecule is Cl.NCC(NC(=O)CC(c1ccccc1)c1ccccc1)C1CC1. The fraction of sp³-hybridized carbons (Fsp3) is 0.350. The van der Waals surface area contributed by atoms with Gasteiger partial charge in [-0.1, -0.05) is 60.7 Å². The van der Waals surface area contributed by atoms with Gasteiger partial charge in [0, 0.05) is 24.9 Å². The third-order valence-electron chi connectivity index (χ3n) is 4.58. The first-order valence-electron chi connectivity index (χ1n) is 8.37. The summed E-state index contributed by atoms with van der Waals surface area (Å²) in [6.45, 7) is 0.526. The second kappa shape index (κ2) is 8.86. The van der Waals surface area contributed by atoms with Crippen LogP contribution in [0.3, 0.4) is 0 Å². The smallest absolute Gasteiger partial charge is 0.221 e. The molecule has 1 atom stereocenters. The van der Waals surface area contributed by atoms with Gasteiger partial charge in [0.25, 0.3) is 0 Å². The van der Waals surface area contributed by atoms with Crippen molar-refractivity contribution < 1.29 is 4.79 Å².